The van der Waals surface area contributed by atoms with Crippen molar-refractivity contribution in [3.8, 4) is 11.1 Å². The van der Waals surface area contributed by atoms with Crippen LogP contribution in [0.4, 0.5) is 0 Å². The van der Waals surface area contributed by atoms with E-state index >= 15 is 0 Å². The van der Waals surface area contributed by atoms with Crippen LogP contribution in [0.25, 0.3) is 11.1 Å². The highest BCUT2D eigenvalue weighted by Gasteiger charge is 2.26. The number of nitrogens with one attached hydrogen (secondary N) is 1. The van der Waals surface area contributed by atoms with Gasteiger partial charge in [-0.05, 0) is 23.3 Å². The van der Waals surface area contributed by atoms with E-state index in [-0.39, 0.29) is 11.7 Å². The van der Waals surface area contributed by atoms with Gasteiger partial charge >= 0.3 is 0 Å². The maximum atomic E-state index is 12.4. The highest BCUT2D eigenvalue weighted by molar-refractivity contribution is 7.84. The van der Waals surface area contributed by atoms with Crippen molar-refractivity contribution >= 4 is 22.5 Å². The van der Waals surface area contributed by atoms with Gasteiger partial charge in [-0.15, -0.1) is 0 Å². The van der Waals surface area contributed by atoms with Crippen LogP contribution < -0.4 is 5.32 Å². The standard InChI is InChI=1S/C17H15NO3S/c1-22(21)9-8-18-17(20)11-6-7-13-12-4-2-3-5-14(12)16(19)15(13)10-11/h2-7,10H,8-9H2,1H3,(H,18,20). The molecule has 1 N–H and O–H groups in total. The molecule has 2 aromatic rings. The van der Waals surface area contributed by atoms with Crippen LogP contribution in [0.2, 0.25) is 0 Å². The van der Waals surface area contributed by atoms with Gasteiger partial charge in [0.25, 0.3) is 5.91 Å². The smallest absolute Gasteiger partial charge is 0.251 e. The van der Waals surface area contributed by atoms with Gasteiger partial charge in [-0.1, -0.05) is 30.3 Å². The monoisotopic (exact) mass is 313 g/mol. The number of carbonyl (C=O) groups excluding carboxylic acids is 2. The first kappa shape index (κ1) is 14.7. The van der Waals surface area contributed by atoms with E-state index in [0.717, 1.165) is 11.1 Å². The van der Waals surface area contributed by atoms with Gasteiger partial charge in [0.2, 0.25) is 0 Å². The summed E-state index contributed by atoms with van der Waals surface area (Å²) < 4.78 is 11.0. The maximum absolute atomic E-state index is 12.4. The largest absolute Gasteiger partial charge is 0.351 e. The Hall–Kier alpha value is -2.27. The summed E-state index contributed by atoms with van der Waals surface area (Å²) in [7, 11) is -0.940. The predicted molar refractivity (Wildman–Crippen MR) is 86.6 cm³/mol. The van der Waals surface area contributed by atoms with Crippen LogP contribution in [0.5, 0.6) is 0 Å². The molecule has 0 saturated heterocycles. The zero-order valence-electron chi connectivity index (χ0n) is 12.1. The minimum absolute atomic E-state index is 0.0464. The van der Waals surface area contributed by atoms with Crippen molar-refractivity contribution in [1.29, 1.82) is 0 Å². The van der Waals surface area contributed by atoms with Crippen LogP contribution in [0.15, 0.2) is 42.5 Å². The number of ketones is 1. The first-order valence-corrected chi connectivity index (χ1v) is 8.67. The maximum Gasteiger partial charge on any atom is 0.251 e. The Labute approximate surface area is 131 Å². The molecule has 22 heavy (non-hydrogen) atoms. The summed E-state index contributed by atoms with van der Waals surface area (Å²) in [6.07, 6.45) is 1.59. The predicted octanol–water partition coefficient (Wildman–Crippen LogP) is 2.01. The summed E-state index contributed by atoms with van der Waals surface area (Å²) in [5.41, 5.74) is 3.47. The zero-order chi connectivity index (χ0) is 15.7. The minimum atomic E-state index is -0.940. The van der Waals surface area contributed by atoms with E-state index < -0.39 is 10.8 Å². The second-order valence-electron chi connectivity index (χ2n) is 5.17. The van der Waals surface area contributed by atoms with E-state index in [1.165, 1.54) is 0 Å². The zero-order valence-corrected chi connectivity index (χ0v) is 12.9. The Morgan fingerprint density at radius 2 is 1.73 bits per heavy atom. The summed E-state index contributed by atoms with van der Waals surface area (Å²) in [5.74, 6) is 0.119. The van der Waals surface area contributed by atoms with Gasteiger partial charge in [0.1, 0.15) is 0 Å². The molecule has 0 saturated carbocycles. The molecule has 1 atom stereocenters. The molecule has 0 aromatic heterocycles. The lowest BCUT2D eigenvalue weighted by Gasteiger charge is -2.06. The highest BCUT2D eigenvalue weighted by Crippen LogP contribution is 2.36. The molecular formula is C17H15NO3S. The number of hydrogen-bond acceptors (Lipinski definition) is 3. The van der Waals surface area contributed by atoms with Crippen LogP contribution in [0.3, 0.4) is 0 Å². The average Bonchev–Trinajstić information content (AvgIpc) is 2.80. The lowest BCUT2D eigenvalue weighted by atomic mass is 10.0. The normalized spacial score (nSPS) is 13.4. The van der Waals surface area contributed by atoms with Gasteiger partial charge in [0, 0.05) is 46.0 Å². The fraction of sp³-hybridized carbons (Fsp3) is 0.176. The van der Waals surface area contributed by atoms with E-state index in [2.05, 4.69) is 5.32 Å². The molecule has 0 spiro atoms. The topological polar surface area (TPSA) is 63.2 Å². The minimum Gasteiger partial charge on any atom is -0.351 e. The second kappa shape index (κ2) is 5.85. The van der Waals surface area contributed by atoms with E-state index in [1.54, 1.807) is 24.5 Å². The molecule has 0 bridgehead atoms. The molecule has 1 unspecified atom stereocenters. The fourth-order valence-electron chi connectivity index (χ4n) is 2.58. The van der Waals surface area contributed by atoms with Gasteiger partial charge in [-0.2, -0.15) is 0 Å². The Kier molecular flexibility index (Phi) is 3.90. The van der Waals surface area contributed by atoms with Gasteiger partial charge in [0.15, 0.2) is 5.78 Å². The van der Waals surface area contributed by atoms with E-state index in [9.17, 15) is 13.8 Å². The Morgan fingerprint density at radius 3 is 2.45 bits per heavy atom. The van der Waals surface area contributed by atoms with E-state index in [0.29, 0.717) is 29.0 Å². The molecule has 1 aliphatic rings. The molecular weight excluding hydrogens is 298 g/mol. The van der Waals surface area contributed by atoms with E-state index in [1.807, 2.05) is 24.3 Å². The van der Waals surface area contributed by atoms with Crippen LogP contribution in [-0.2, 0) is 10.8 Å². The first-order chi connectivity index (χ1) is 10.6. The van der Waals surface area contributed by atoms with Crippen LogP contribution in [0.1, 0.15) is 26.3 Å². The van der Waals surface area contributed by atoms with Crippen molar-refractivity contribution in [3.63, 3.8) is 0 Å². The van der Waals surface area contributed by atoms with Crippen molar-refractivity contribution in [3.05, 3.63) is 59.2 Å². The molecule has 4 nitrogen and oxygen atoms in total. The molecule has 2 aromatic carbocycles. The van der Waals surface area contributed by atoms with Crippen molar-refractivity contribution in [2.75, 3.05) is 18.6 Å². The molecule has 0 radical (unpaired) electrons. The number of benzene rings is 2. The summed E-state index contributed by atoms with van der Waals surface area (Å²) in [4.78, 5) is 24.5. The number of amides is 1. The second-order valence-corrected chi connectivity index (χ2v) is 6.72. The Morgan fingerprint density at radius 1 is 1.05 bits per heavy atom. The fourth-order valence-corrected chi connectivity index (χ4v) is 2.97. The lowest BCUT2D eigenvalue weighted by molar-refractivity contribution is 0.0956. The molecule has 5 heteroatoms. The Balaban J connectivity index is 1.86. The molecule has 1 amide bonds. The Bertz CT molecular complexity index is 798. The number of rotatable bonds is 4. The molecule has 0 heterocycles. The number of carbonyl (C=O) groups is 2. The number of hydrogen-bond donors (Lipinski definition) is 1. The lowest BCUT2D eigenvalue weighted by Crippen LogP contribution is -2.27. The van der Waals surface area contributed by atoms with Crippen LogP contribution in [-0.4, -0.2) is 34.5 Å². The first-order valence-electron chi connectivity index (χ1n) is 6.94. The molecule has 3 rings (SSSR count). The van der Waals surface area contributed by atoms with Gasteiger partial charge in [-0.3, -0.25) is 13.8 Å². The van der Waals surface area contributed by atoms with Crippen molar-refractivity contribution in [2.24, 2.45) is 0 Å². The third kappa shape index (κ3) is 2.60. The van der Waals surface area contributed by atoms with Gasteiger partial charge < -0.3 is 5.32 Å². The van der Waals surface area contributed by atoms with Gasteiger partial charge in [0.05, 0.1) is 0 Å². The molecule has 112 valence electrons. The SMILES string of the molecule is CS(=O)CCNC(=O)c1ccc2c(c1)C(=O)c1ccccc1-2. The highest BCUT2D eigenvalue weighted by atomic mass is 32.2. The summed E-state index contributed by atoms with van der Waals surface area (Å²) in [6.45, 7) is 0.354. The number of fused-ring (bicyclic) bond motifs is 3. The van der Waals surface area contributed by atoms with Crippen molar-refractivity contribution in [2.45, 2.75) is 0 Å². The van der Waals surface area contributed by atoms with Crippen LogP contribution >= 0.6 is 0 Å². The van der Waals surface area contributed by atoms with Gasteiger partial charge in [-0.25, -0.2) is 0 Å². The van der Waals surface area contributed by atoms with Crippen molar-refractivity contribution < 1.29 is 13.8 Å². The quantitative estimate of drug-likeness (QED) is 0.801. The third-order valence-corrected chi connectivity index (χ3v) is 4.44. The van der Waals surface area contributed by atoms with Crippen LogP contribution in [0, 0.1) is 0 Å². The third-order valence-electron chi connectivity index (χ3n) is 3.66. The van der Waals surface area contributed by atoms with Crippen molar-refractivity contribution in [1.82, 2.24) is 5.32 Å². The molecule has 0 aliphatic heterocycles. The molecule has 1 aliphatic carbocycles. The summed E-state index contributed by atoms with van der Waals surface area (Å²) in [6, 6.07) is 12.6. The summed E-state index contributed by atoms with van der Waals surface area (Å²) >= 11 is 0. The average molecular weight is 313 g/mol. The molecule has 0 fully saturated rings. The summed E-state index contributed by atoms with van der Waals surface area (Å²) in [5, 5.41) is 2.71. The van der Waals surface area contributed by atoms with E-state index in [4.69, 9.17) is 0 Å².